The molecule has 1 saturated heterocycles. The SMILES string of the molecule is CC(Oc1c(F)cc(CC2OCCO2)c2cccnc12)S(=O)(=O)c1ccc(Br)cc1. The number of halogens is 2. The fourth-order valence-electron chi connectivity index (χ4n) is 3.29. The minimum absolute atomic E-state index is 0.0861. The molecule has 0 amide bonds. The number of hydrogen-bond acceptors (Lipinski definition) is 6. The highest BCUT2D eigenvalue weighted by Crippen LogP contribution is 2.33. The summed E-state index contributed by atoms with van der Waals surface area (Å²) in [5.41, 5.74) is -0.410. The van der Waals surface area contributed by atoms with Gasteiger partial charge in [-0.2, -0.15) is 0 Å². The van der Waals surface area contributed by atoms with Gasteiger partial charge >= 0.3 is 0 Å². The molecule has 0 radical (unpaired) electrons. The normalized spacial score (nSPS) is 16.1. The monoisotopic (exact) mass is 495 g/mol. The van der Waals surface area contributed by atoms with Crippen LogP contribution in [0.2, 0.25) is 0 Å². The Morgan fingerprint density at radius 1 is 1.23 bits per heavy atom. The van der Waals surface area contributed by atoms with Gasteiger partial charge in [0.1, 0.15) is 5.52 Å². The van der Waals surface area contributed by atoms with Crippen molar-refractivity contribution in [3.8, 4) is 5.75 Å². The minimum atomic E-state index is -3.85. The molecule has 30 heavy (non-hydrogen) atoms. The fraction of sp³-hybridized carbons (Fsp3) is 0.286. The third-order valence-electron chi connectivity index (χ3n) is 4.83. The molecule has 1 aliphatic rings. The molecule has 0 spiro atoms. The molecule has 0 saturated carbocycles. The lowest BCUT2D eigenvalue weighted by atomic mass is 10.0. The topological polar surface area (TPSA) is 74.7 Å². The van der Waals surface area contributed by atoms with E-state index in [9.17, 15) is 8.42 Å². The predicted octanol–water partition coefficient (Wildman–Crippen LogP) is 4.25. The summed E-state index contributed by atoms with van der Waals surface area (Å²) in [5.74, 6) is -0.886. The van der Waals surface area contributed by atoms with Crippen molar-refractivity contribution < 1.29 is 27.0 Å². The summed E-state index contributed by atoms with van der Waals surface area (Å²) in [6, 6.07) is 11.0. The van der Waals surface area contributed by atoms with Crippen LogP contribution in [0.3, 0.4) is 0 Å². The molecule has 0 N–H and O–H groups in total. The molecule has 4 rings (SSSR count). The van der Waals surface area contributed by atoms with Crippen LogP contribution in [0.25, 0.3) is 10.9 Å². The van der Waals surface area contributed by atoms with Gasteiger partial charge in [-0.15, -0.1) is 0 Å². The lowest BCUT2D eigenvalue weighted by molar-refractivity contribution is -0.0398. The van der Waals surface area contributed by atoms with E-state index in [2.05, 4.69) is 20.9 Å². The molecule has 1 fully saturated rings. The molecule has 3 aromatic rings. The summed E-state index contributed by atoms with van der Waals surface area (Å²) in [4.78, 5) is 4.34. The average Bonchev–Trinajstić information content (AvgIpc) is 3.24. The van der Waals surface area contributed by atoms with E-state index < -0.39 is 27.4 Å². The smallest absolute Gasteiger partial charge is 0.215 e. The van der Waals surface area contributed by atoms with Crippen molar-refractivity contribution in [3.05, 3.63) is 64.5 Å². The summed E-state index contributed by atoms with van der Waals surface area (Å²) >= 11 is 3.28. The van der Waals surface area contributed by atoms with Crippen LogP contribution in [-0.2, 0) is 25.7 Å². The van der Waals surface area contributed by atoms with Crippen LogP contribution in [0.15, 0.2) is 58.0 Å². The van der Waals surface area contributed by atoms with Crippen molar-refractivity contribution in [1.29, 1.82) is 0 Å². The van der Waals surface area contributed by atoms with Gasteiger partial charge in [0, 0.05) is 22.5 Å². The van der Waals surface area contributed by atoms with Crippen molar-refractivity contribution in [2.75, 3.05) is 13.2 Å². The summed E-state index contributed by atoms with van der Waals surface area (Å²) in [7, 11) is -3.85. The third-order valence-corrected chi connectivity index (χ3v) is 7.26. The maximum atomic E-state index is 15.0. The summed E-state index contributed by atoms with van der Waals surface area (Å²) in [6.07, 6.45) is 1.41. The molecule has 2 heterocycles. The molecule has 1 atom stereocenters. The fourth-order valence-corrected chi connectivity index (χ4v) is 4.67. The summed E-state index contributed by atoms with van der Waals surface area (Å²) in [6.45, 7) is 2.37. The van der Waals surface area contributed by atoms with Gasteiger partial charge in [0.15, 0.2) is 17.9 Å². The molecule has 6 nitrogen and oxygen atoms in total. The van der Waals surface area contributed by atoms with Gasteiger partial charge in [-0.3, -0.25) is 4.98 Å². The zero-order chi connectivity index (χ0) is 21.3. The van der Waals surface area contributed by atoms with Crippen molar-refractivity contribution in [3.63, 3.8) is 0 Å². The first kappa shape index (κ1) is 21.2. The number of aromatic nitrogens is 1. The van der Waals surface area contributed by atoms with E-state index >= 15 is 4.39 Å². The van der Waals surface area contributed by atoms with Crippen molar-refractivity contribution in [1.82, 2.24) is 4.98 Å². The van der Waals surface area contributed by atoms with Crippen molar-refractivity contribution in [2.24, 2.45) is 0 Å². The second kappa shape index (κ2) is 8.58. The van der Waals surface area contributed by atoms with E-state index in [0.717, 1.165) is 4.47 Å². The molecular formula is C21H19BrFNO5S. The number of pyridine rings is 1. The van der Waals surface area contributed by atoms with Crippen LogP contribution >= 0.6 is 15.9 Å². The van der Waals surface area contributed by atoms with Crippen LogP contribution in [0.4, 0.5) is 4.39 Å². The molecule has 1 unspecified atom stereocenters. The van der Waals surface area contributed by atoms with E-state index in [0.29, 0.717) is 30.6 Å². The Balaban J connectivity index is 1.68. The number of rotatable bonds is 6. The number of benzene rings is 2. The molecular weight excluding hydrogens is 477 g/mol. The van der Waals surface area contributed by atoms with Gasteiger partial charge < -0.3 is 14.2 Å². The van der Waals surface area contributed by atoms with E-state index in [4.69, 9.17) is 14.2 Å². The van der Waals surface area contributed by atoms with Crippen LogP contribution < -0.4 is 4.74 Å². The first-order valence-electron chi connectivity index (χ1n) is 9.31. The van der Waals surface area contributed by atoms with Crippen LogP contribution in [0, 0.1) is 5.82 Å². The first-order valence-corrected chi connectivity index (χ1v) is 11.7. The molecule has 0 bridgehead atoms. The number of nitrogens with zero attached hydrogens (tertiary/aromatic N) is 1. The van der Waals surface area contributed by atoms with Gasteiger partial charge in [-0.25, -0.2) is 12.8 Å². The second-order valence-electron chi connectivity index (χ2n) is 6.81. The van der Waals surface area contributed by atoms with Crippen LogP contribution in [-0.4, -0.2) is 38.3 Å². The lowest BCUT2D eigenvalue weighted by Crippen LogP contribution is -2.25. The summed E-state index contributed by atoms with van der Waals surface area (Å²) < 4.78 is 58.1. The van der Waals surface area contributed by atoms with E-state index in [1.807, 2.05) is 0 Å². The zero-order valence-electron chi connectivity index (χ0n) is 16.0. The number of ether oxygens (including phenoxy) is 3. The molecule has 158 valence electrons. The molecule has 1 aliphatic heterocycles. The van der Waals surface area contributed by atoms with E-state index in [1.165, 1.54) is 31.3 Å². The molecule has 2 aromatic carbocycles. The number of hydrogen-bond donors (Lipinski definition) is 0. The van der Waals surface area contributed by atoms with E-state index in [-0.39, 0.29) is 16.2 Å². The van der Waals surface area contributed by atoms with Gasteiger partial charge in [-0.1, -0.05) is 22.0 Å². The third kappa shape index (κ3) is 4.20. The van der Waals surface area contributed by atoms with Gasteiger partial charge in [0.25, 0.3) is 0 Å². The Morgan fingerprint density at radius 3 is 2.63 bits per heavy atom. The highest BCUT2D eigenvalue weighted by Gasteiger charge is 2.28. The minimum Gasteiger partial charge on any atom is -0.469 e. The zero-order valence-corrected chi connectivity index (χ0v) is 18.4. The van der Waals surface area contributed by atoms with Crippen molar-refractivity contribution >= 4 is 36.7 Å². The largest absolute Gasteiger partial charge is 0.469 e. The van der Waals surface area contributed by atoms with Crippen LogP contribution in [0.5, 0.6) is 5.75 Å². The Morgan fingerprint density at radius 2 is 1.93 bits per heavy atom. The Hall–Kier alpha value is -2.07. The maximum absolute atomic E-state index is 15.0. The van der Waals surface area contributed by atoms with Crippen LogP contribution in [0.1, 0.15) is 12.5 Å². The van der Waals surface area contributed by atoms with Gasteiger partial charge in [-0.05, 0) is 48.9 Å². The summed E-state index contributed by atoms with van der Waals surface area (Å²) in [5, 5.41) is 0.654. The Bertz CT molecular complexity index is 1160. The molecule has 0 aliphatic carbocycles. The van der Waals surface area contributed by atoms with E-state index in [1.54, 1.807) is 24.3 Å². The van der Waals surface area contributed by atoms with Gasteiger partial charge in [0.2, 0.25) is 15.3 Å². The lowest BCUT2D eigenvalue weighted by Gasteiger charge is -2.19. The molecule has 1 aromatic heterocycles. The Labute approximate surface area is 182 Å². The average molecular weight is 496 g/mol. The number of sulfone groups is 1. The quantitative estimate of drug-likeness (QED) is 0.508. The standard InChI is InChI=1S/C21H19BrFNO5S/c1-13(30(25,26)16-6-4-15(22)5-7-16)29-21-18(23)11-14(12-19-27-9-10-28-19)17-3-2-8-24-20(17)21/h2-8,11,13,19H,9-10,12H2,1H3. The first-order chi connectivity index (χ1) is 14.4. The second-order valence-corrected chi connectivity index (χ2v) is 9.95. The van der Waals surface area contributed by atoms with Gasteiger partial charge in [0.05, 0.1) is 18.1 Å². The number of fused-ring (bicyclic) bond motifs is 1. The predicted molar refractivity (Wildman–Crippen MR) is 113 cm³/mol. The maximum Gasteiger partial charge on any atom is 0.215 e. The Kier molecular flexibility index (Phi) is 6.06. The molecule has 9 heteroatoms. The van der Waals surface area contributed by atoms with Crippen molar-refractivity contribution in [2.45, 2.75) is 30.0 Å². The highest BCUT2D eigenvalue weighted by molar-refractivity contribution is 9.10. The highest BCUT2D eigenvalue weighted by atomic mass is 79.9.